The van der Waals surface area contributed by atoms with Gasteiger partial charge in [-0.05, 0) is 44.4 Å². The SMILES string of the molecule is COc1nc(C(F)(F)F)ccc1Oc1ccc(CNc2nc3c(c(N(C)C(C)C)n2)N(C=O)CCC3)cn1. The van der Waals surface area contributed by atoms with Gasteiger partial charge < -0.3 is 24.6 Å². The molecule has 0 radical (unpaired) electrons. The van der Waals surface area contributed by atoms with Gasteiger partial charge in [0.2, 0.25) is 18.2 Å². The zero-order chi connectivity index (χ0) is 27.4. The van der Waals surface area contributed by atoms with E-state index in [0.717, 1.165) is 48.3 Å². The molecule has 4 heterocycles. The highest BCUT2D eigenvalue weighted by Crippen LogP contribution is 2.36. The number of halogens is 3. The van der Waals surface area contributed by atoms with Gasteiger partial charge in [-0.2, -0.15) is 18.2 Å². The van der Waals surface area contributed by atoms with Gasteiger partial charge in [0.1, 0.15) is 11.4 Å². The number of anilines is 3. The number of hydrogen-bond acceptors (Lipinski definition) is 9. The molecule has 1 N–H and O–H groups in total. The number of nitrogens with one attached hydrogen (secondary N) is 1. The Hall–Kier alpha value is -4.16. The minimum atomic E-state index is -4.60. The van der Waals surface area contributed by atoms with Crippen molar-refractivity contribution in [3.05, 3.63) is 47.4 Å². The van der Waals surface area contributed by atoms with Gasteiger partial charge in [-0.15, -0.1) is 0 Å². The van der Waals surface area contributed by atoms with Crippen molar-refractivity contribution in [2.75, 3.05) is 35.8 Å². The third-order valence-corrected chi connectivity index (χ3v) is 6.05. The lowest BCUT2D eigenvalue weighted by Crippen LogP contribution is -2.34. The molecular formula is C25H28F3N7O3. The first-order valence-electron chi connectivity index (χ1n) is 11.9. The average molecular weight is 532 g/mol. The van der Waals surface area contributed by atoms with Crippen molar-refractivity contribution >= 4 is 23.9 Å². The second-order valence-corrected chi connectivity index (χ2v) is 8.94. The highest BCUT2D eigenvalue weighted by Gasteiger charge is 2.33. The second kappa shape index (κ2) is 11.1. The fourth-order valence-electron chi connectivity index (χ4n) is 3.84. The molecule has 0 saturated carbocycles. The Morgan fingerprint density at radius 2 is 1.97 bits per heavy atom. The van der Waals surface area contributed by atoms with E-state index in [1.165, 1.54) is 7.11 Å². The number of alkyl halides is 3. The molecule has 0 spiro atoms. The molecule has 0 aromatic carbocycles. The molecule has 0 atom stereocenters. The summed E-state index contributed by atoms with van der Waals surface area (Å²) in [7, 11) is 3.14. The average Bonchev–Trinajstić information content (AvgIpc) is 2.90. The number of carbonyl (C=O) groups excluding carboxylic acids is 1. The molecule has 13 heteroatoms. The maximum absolute atomic E-state index is 12.9. The number of hydrogen-bond donors (Lipinski definition) is 1. The smallest absolute Gasteiger partial charge is 0.433 e. The summed E-state index contributed by atoms with van der Waals surface area (Å²) in [6.45, 7) is 5.07. The minimum Gasteiger partial charge on any atom is -0.478 e. The van der Waals surface area contributed by atoms with Gasteiger partial charge in [0.05, 0.1) is 12.8 Å². The lowest BCUT2D eigenvalue weighted by Gasteiger charge is -2.32. The van der Waals surface area contributed by atoms with Crippen LogP contribution in [0.1, 0.15) is 37.2 Å². The van der Waals surface area contributed by atoms with Crippen molar-refractivity contribution in [1.82, 2.24) is 19.9 Å². The van der Waals surface area contributed by atoms with Crippen LogP contribution in [-0.2, 0) is 23.9 Å². The van der Waals surface area contributed by atoms with Crippen LogP contribution in [-0.4, -0.2) is 53.1 Å². The van der Waals surface area contributed by atoms with E-state index >= 15 is 0 Å². The van der Waals surface area contributed by atoms with E-state index < -0.39 is 11.9 Å². The van der Waals surface area contributed by atoms with E-state index in [2.05, 4.69) is 20.3 Å². The predicted molar refractivity (Wildman–Crippen MR) is 135 cm³/mol. The van der Waals surface area contributed by atoms with Crippen LogP contribution < -0.4 is 24.6 Å². The largest absolute Gasteiger partial charge is 0.478 e. The first-order valence-corrected chi connectivity index (χ1v) is 11.9. The van der Waals surface area contributed by atoms with E-state index in [-0.39, 0.29) is 23.6 Å². The number of fused-ring (bicyclic) bond motifs is 1. The maximum Gasteiger partial charge on any atom is 0.433 e. The van der Waals surface area contributed by atoms with Crippen LogP contribution in [0.15, 0.2) is 30.5 Å². The van der Waals surface area contributed by atoms with Crippen LogP contribution in [0.3, 0.4) is 0 Å². The summed E-state index contributed by atoms with van der Waals surface area (Å²) in [5, 5.41) is 3.21. The van der Waals surface area contributed by atoms with Gasteiger partial charge in [-0.3, -0.25) is 4.79 Å². The number of aromatic nitrogens is 4. The molecule has 0 fully saturated rings. The van der Waals surface area contributed by atoms with Crippen LogP contribution in [0, 0.1) is 0 Å². The standard InChI is InChI=1S/C25H28F3N7O3/c1-15(2)34(3)22-21-17(6-5-11-35(21)14-36)31-24(33-22)30-13-16-7-10-20(29-12-16)38-18-8-9-19(25(26,27)28)32-23(18)37-4/h7-10,12,14-15H,5-6,11,13H2,1-4H3,(H,30,31,33). The van der Waals surface area contributed by atoms with E-state index in [1.54, 1.807) is 23.2 Å². The minimum absolute atomic E-state index is 0.00695. The quantitative estimate of drug-likeness (QED) is 0.401. The van der Waals surface area contributed by atoms with Crippen LogP contribution in [0.2, 0.25) is 0 Å². The fourth-order valence-corrected chi connectivity index (χ4v) is 3.84. The van der Waals surface area contributed by atoms with E-state index in [1.807, 2.05) is 25.8 Å². The lowest BCUT2D eigenvalue weighted by molar-refractivity contribution is -0.141. The van der Waals surface area contributed by atoms with Crippen LogP contribution in [0.4, 0.5) is 30.6 Å². The number of carbonyl (C=O) groups is 1. The van der Waals surface area contributed by atoms with E-state index in [9.17, 15) is 18.0 Å². The van der Waals surface area contributed by atoms with Gasteiger partial charge in [0.15, 0.2) is 11.6 Å². The van der Waals surface area contributed by atoms with Crippen molar-refractivity contribution in [2.24, 2.45) is 0 Å². The number of amides is 1. The summed E-state index contributed by atoms with van der Waals surface area (Å²) in [5.41, 5.74) is 1.26. The molecule has 0 aliphatic carbocycles. The fraction of sp³-hybridized carbons (Fsp3) is 0.400. The van der Waals surface area contributed by atoms with Crippen molar-refractivity contribution < 1.29 is 27.4 Å². The Morgan fingerprint density at radius 3 is 2.61 bits per heavy atom. The maximum atomic E-state index is 12.9. The molecule has 10 nitrogen and oxygen atoms in total. The number of aryl methyl sites for hydroxylation is 1. The third kappa shape index (κ3) is 5.87. The summed E-state index contributed by atoms with van der Waals surface area (Å²) in [6, 6.07) is 5.45. The first kappa shape index (κ1) is 26.9. The summed E-state index contributed by atoms with van der Waals surface area (Å²) in [6.07, 6.45) is -0.652. The Morgan fingerprint density at radius 1 is 1.18 bits per heavy atom. The molecule has 0 bridgehead atoms. The monoisotopic (exact) mass is 531 g/mol. The molecule has 38 heavy (non-hydrogen) atoms. The van der Waals surface area contributed by atoms with Gasteiger partial charge in [0, 0.05) is 38.4 Å². The number of nitrogens with zero attached hydrogens (tertiary/aromatic N) is 6. The zero-order valence-electron chi connectivity index (χ0n) is 21.4. The van der Waals surface area contributed by atoms with Crippen molar-refractivity contribution in [2.45, 2.75) is 45.5 Å². The normalized spacial score (nSPS) is 13.2. The van der Waals surface area contributed by atoms with Crippen LogP contribution in [0.5, 0.6) is 17.5 Å². The first-order chi connectivity index (χ1) is 18.1. The molecule has 3 aromatic heterocycles. The van der Waals surface area contributed by atoms with Gasteiger partial charge in [-0.25, -0.2) is 15.0 Å². The summed E-state index contributed by atoms with van der Waals surface area (Å²) < 4.78 is 49.3. The van der Waals surface area contributed by atoms with Gasteiger partial charge in [0.25, 0.3) is 5.88 Å². The Labute approximate surface area is 217 Å². The summed E-state index contributed by atoms with van der Waals surface area (Å²) >= 11 is 0. The molecule has 1 aliphatic heterocycles. The Bertz CT molecular complexity index is 1290. The Balaban J connectivity index is 1.48. The molecule has 0 unspecified atom stereocenters. The number of pyridine rings is 2. The summed E-state index contributed by atoms with van der Waals surface area (Å²) in [5.74, 6) is 0.980. The molecule has 4 rings (SSSR count). The molecule has 1 aliphatic rings. The lowest BCUT2D eigenvalue weighted by atomic mass is 10.1. The molecule has 1 amide bonds. The van der Waals surface area contributed by atoms with Crippen molar-refractivity contribution in [3.63, 3.8) is 0 Å². The Kier molecular flexibility index (Phi) is 7.83. The molecule has 0 saturated heterocycles. The van der Waals surface area contributed by atoms with Crippen molar-refractivity contribution in [3.8, 4) is 17.5 Å². The predicted octanol–water partition coefficient (Wildman–Crippen LogP) is 4.45. The van der Waals surface area contributed by atoms with E-state index in [4.69, 9.17) is 14.5 Å². The van der Waals surface area contributed by atoms with Crippen molar-refractivity contribution in [1.29, 1.82) is 0 Å². The number of methoxy groups -OCH3 is 1. The molecule has 202 valence electrons. The molecular weight excluding hydrogens is 503 g/mol. The molecule has 3 aromatic rings. The van der Waals surface area contributed by atoms with Crippen LogP contribution >= 0.6 is 0 Å². The zero-order valence-corrected chi connectivity index (χ0v) is 21.4. The van der Waals surface area contributed by atoms with Gasteiger partial charge >= 0.3 is 6.18 Å². The number of rotatable bonds is 9. The van der Waals surface area contributed by atoms with Gasteiger partial charge in [-0.1, -0.05) is 6.07 Å². The van der Waals surface area contributed by atoms with E-state index in [0.29, 0.717) is 24.9 Å². The third-order valence-electron chi connectivity index (χ3n) is 6.05. The number of ether oxygens (including phenoxy) is 2. The summed E-state index contributed by atoms with van der Waals surface area (Å²) in [4.78, 5) is 32.4. The highest BCUT2D eigenvalue weighted by molar-refractivity contribution is 5.85. The highest BCUT2D eigenvalue weighted by atomic mass is 19.4. The topological polar surface area (TPSA) is 106 Å². The van der Waals surface area contributed by atoms with Crippen LogP contribution in [0.25, 0.3) is 0 Å². The second-order valence-electron chi connectivity index (χ2n) is 8.94.